The first kappa shape index (κ1) is 20.0. The van der Waals surface area contributed by atoms with Gasteiger partial charge >= 0.3 is 18.2 Å². The minimum absolute atomic E-state index is 0.264. The lowest BCUT2D eigenvalue weighted by Gasteiger charge is -2.20. The van der Waals surface area contributed by atoms with Crippen LogP contribution in [-0.2, 0) is 11.3 Å². The quantitative estimate of drug-likeness (QED) is 0.831. The smallest absolute Gasteiger partial charge is 0.475 e. The van der Waals surface area contributed by atoms with Gasteiger partial charge in [0.1, 0.15) is 0 Å². The summed E-state index contributed by atoms with van der Waals surface area (Å²) in [5.74, 6) is -1.54. The monoisotopic (exact) mass is 373 g/mol. The highest BCUT2D eigenvalue weighted by Crippen LogP contribution is 2.31. The maximum atomic E-state index is 11.2. The lowest BCUT2D eigenvalue weighted by Crippen LogP contribution is -2.36. The predicted octanol–water partition coefficient (Wildman–Crippen LogP) is 2.07. The zero-order valence-electron chi connectivity index (χ0n) is 14.4. The summed E-state index contributed by atoms with van der Waals surface area (Å²) in [6, 6.07) is 8.49. The van der Waals surface area contributed by atoms with E-state index in [2.05, 4.69) is 36.1 Å². The molecule has 6 nitrogen and oxygen atoms in total. The molecule has 2 heterocycles. The number of urea groups is 1. The Labute approximate surface area is 149 Å². The Morgan fingerprint density at radius 2 is 1.58 bits per heavy atom. The third-order valence-electron chi connectivity index (χ3n) is 4.64. The summed E-state index contributed by atoms with van der Waals surface area (Å²) in [6.45, 7) is 6.98. The first-order chi connectivity index (χ1) is 12.1. The summed E-state index contributed by atoms with van der Waals surface area (Å²) in [5.41, 5.74) is 8.02. The van der Waals surface area contributed by atoms with E-state index < -0.39 is 12.1 Å². The average Bonchev–Trinajstić information content (AvgIpc) is 3.07. The van der Waals surface area contributed by atoms with Gasteiger partial charge in [0.25, 0.3) is 0 Å². The Kier molecular flexibility index (Phi) is 6.12. The molecule has 3 N–H and O–H groups in total. The van der Waals surface area contributed by atoms with Crippen LogP contribution in [0, 0.1) is 18.8 Å². The number of aliphatic carboxylic acids is 1. The largest absolute Gasteiger partial charge is 0.490 e. The van der Waals surface area contributed by atoms with E-state index >= 15 is 0 Å². The fourth-order valence-corrected chi connectivity index (χ4v) is 3.35. The minimum Gasteiger partial charge on any atom is -0.475 e. The Bertz CT molecular complexity index is 635. The van der Waals surface area contributed by atoms with E-state index in [9.17, 15) is 18.0 Å². The molecule has 2 aliphatic heterocycles. The van der Waals surface area contributed by atoms with E-state index in [1.165, 1.54) is 11.1 Å². The molecule has 0 aliphatic carbocycles. The molecule has 0 radical (unpaired) electrons. The van der Waals surface area contributed by atoms with E-state index in [0.717, 1.165) is 32.7 Å². The predicted molar refractivity (Wildman–Crippen MR) is 88.3 cm³/mol. The molecular formula is C17H22F3N3O3. The number of carboxylic acid groups (broad SMARTS) is 1. The zero-order chi connectivity index (χ0) is 19.5. The second-order valence-electron chi connectivity index (χ2n) is 6.75. The average molecular weight is 373 g/mol. The molecule has 2 atom stereocenters. The molecule has 2 saturated heterocycles. The van der Waals surface area contributed by atoms with Gasteiger partial charge in [0.05, 0.1) is 0 Å². The highest BCUT2D eigenvalue weighted by Gasteiger charge is 2.41. The molecule has 3 rings (SSSR count). The number of rotatable bonds is 2. The van der Waals surface area contributed by atoms with Crippen LogP contribution in [0.5, 0.6) is 0 Å². The number of aryl methyl sites for hydroxylation is 1. The van der Waals surface area contributed by atoms with Crippen molar-refractivity contribution in [2.75, 3.05) is 26.2 Å². The number of primary amides is 1. The molecule has 1 aromatic rings. The molecule has 144 valence electrons. The van der Waals surface area contributed by atoms with Gasteiger partial charge < -0.3 is 15.7 Å². The van der Waals surface area contributed by atoms with E-state index in [4.69, 9.17) is 15.6 Å². The molecular weight excluding hydrogens is 351 g/mol. The number of hydrogen-bond donors (Lipinski definition) is 2. The third-order valence-corrected chi connectivity index (χ3v) is 4.64. The summed E-state index contributed by atoms with van der Waals surface area (Å²) in [6.07, 6.45) is -5.08. The molecule has 9 heteroatoms. The Hall–Kier alpha value is -2.29. The molecule has 2 fully saturated rings. The Balaban J connectivity index is 0.000000298. The molecule has 0 unspecified atom stereocenters. The molecule has 26 heavy (non-hydrogen) atoms. The SMILES string of the molecule is Cc1ccc(CN2C[C@@H]3CN(C(N)=O)C[C@@H]3C2)cc1.O=C(O)C(F)(F)F. The van der Waals surface area contributed by atoms with Crippen molar-refractivity contribution in [2.24, 2.45) is 17.6 Å². The van der Waals surface area contributed by atoms with Crippen molar-refractivity contribution in [1.29, 1.82) is 0 Å². The highest BCUT2D eigenvalue weighted by atomic mass is 19.4. The van der Waals surface area contributed by atoms with E-state index in [1.807, 2.05) is 0 Å². The van der Waals surface area contributed by atoms with E-state index in [0.29, 0.717) is 11.8 Å². The number of nitrogens with zero attached hydrogens (tertiary/aromatic N) is 2. The summed E-state index contributed by atoms with van der Waals surface area (Å²) in [7, 11) is 0. The van der Waals surface area contributed by atoms with Crippen LogP contribution in [0.4, 0.5) is 18.0 Å². The third kappa shape index (κ3) is 5.35. The van der Waals surface area contributed by atoms with Crippen LogP contribution >= 0.6 is 0 Å². The van der Waals surface area contributed by atoms with Crippen molar-refractivity contribution in [2.45, 2.75) is 19.6 Å². The first-order valence-corrected chi connectivity index (χ1v) is 8.18. The lowest BCUT2D eigenvalue weighted by molar-refractivity contribution is -0.192. The minimum atomic E-state index is -5.08. The molecule has 0 spiro atoms. The number of fused-ring (bicyclic) bond motifs is 1. The molecule has 0 aromatic heterocycles. The number of amides is 2. The second-order valence-corrected chi connectivity index (χ2v) is 6.75. The number of carbonyl (C=O) groups excluding carboxylic acids is 1. The number of hydrogen-bond acceptors (Lipinski definition) is 3. The van der Waals surface area contributed by atoms with Gasteiger partial charge in [0, 0.05) is 32.7 Å². The van der Waals surface area contributed by atoms with Crippen molar-refractivity contribution in [3.05, 3.63) is 35.4 Å². The number of likely N-dealkylation sites (tertiary alicyclic amines) is 2. The van der Waals surface area contributed by atoms with Crippen LogP contribution in [0.3, 0.4) is 0 Å². The molecule has 2 aliphatic rings. The van der Waals surface area contributed by atoms with Crippen LogP contribution in [0.1, 0.15) is 11.1 Å². The number of carbonyl (C=O) groups is 2. The standard InChI is InChI=1S/C15H21N3O.C2HF3O2/c1-11-2-4-12(5-3-11)6-17-7-13-9-18(15(16)19)10-14(13)8-17;3-2(4,5)1(6)7/h2-5,13-14H,6-10H2,1H3,(H2,16,19);(H,6,7)/t13-,14+;. The van der Waals surface area contributed by atoms with Gasteiger partial charge in [0.15, 0.2) is 0 Å². The van der Waals surface area contributed by atoms with Gasteiger partial charge in [-0.15, -0.1) is 0 Å². The van der Waals surface area contributed by atoms with Gasteiger partial charge in [-0.3, -0.25) is 4.90 Å². The fraction of sp³-hybridized carbons (Fsp3) is 0.529. The fourth-order valence-electron chi connectivity index (χ4n) is 3.35. The van der Waals surface area contributed by atoms with Gasteiger partial charge in [-0.05, 0) is 24.3 Å². The van der Waals surface area contributed by atoms with Gasteiger partial charge in [-0.2, -0.15) is 13.2 Å². The van der Waals surface area contributed by atoms with Gasteiger partial charge in [0.2, 0.25) is 0 Å². The Morgan fingerprint density at radius 1 is 1.12 bits per heavy atom. The number of nitrogens with two attached hydrogens (primary N) is 1. The molecule has 0 saturated carbocycles. The summed E-state index contributed by atoms with van der Waals surface area (Å²) in [4.78, 5) is 24.4. The van der Waals surface area contributed by atoms with Crippen molar-refractivity contribution in [1.82, 2.24) is 9.80 Å². The zero-order valence-corrected chi connectivity index (χ0v) is 14.4. The van der Waals surface area contributed by atoms with Crippen LogP contribution in [0.15, 0.2) is 24.3 Å². The summed E-state index contributed by atoms with van der Waals surface area (Å²) >= 11 is 0. The van der Waals surface area contributed by atoms with E-state index in [-0.39, 0.29) is 6.03 Å². The van der Waals surface area contributed by atoms with Crippen LogP contribution in [0.25, 0.3) is 0 Å². The van der Waals surface area contributed by atoms with Gasteiger partial charge in [-0.25, -0.2) is 9.59 Å². The maximum Gasteiger partial charge on any atom is 0.490 e. The van der Waals surface area contributed by atoms with Crippen LogP contribution in [-0.4, -0.2) is 59.3 Å². The molecule has 0 bridgehead atoms. The van der Waals surface area contributed by atoms with Crippen molar-refractivity contribution >= 4 is 12.0 Å². The van der Waals surface area contributed by atoms with Crippen molar-refractivity contribution < 1.29 is 27.9 Å². The number of carboxylic acids is 1. The van der Waals surface area contributed by atoms with Crippen LogP contribution in [0.2, 0.25) is 0 Å². The molecule has 1 aromatic carbocycles. The number of halogens is 3. The van der Waals surface area contributed by atoms with Gasteiger partial charge in [-0.1, -0.05) is 29.8 Å². The first-order valence-electron chi connectivity index (χ1n) is 8.18. The lowest BCUT2D eigenvalue weighted by atomic mass is 10.0. The summed E-state index contributed by atoms with van der Waals surface area (Å²) < 4.78 is 31.7. The number of alkyl halides is 3. The maximum absolute atomic E-state index is 11.2. The number of benzene rings is 1. The van der Waals surface area contributed by atoms with Crippen LogP contribution < -0.4 is 5.73 Å². The normalized spacial score (nSPS) is 22.5. The topological polar surface area (TPSA) is 86.9 Å². The second kappa shape index (κ2) is 7.94. The molecule has 2 amide bonds. The van der Waals surface area contributed by atoms with Crippen molar-refractivity contribution in [3.8, 4) is 0 Å². The van der Waals surface area contributed by atoms with Crippen molar-refractivity contribution in [3.63, 3.8) is 0 Å². The van der Waals surface area contributed by atoms with E-state index in [1.54, 1.807) is 4.90 Å². The Morgan fingerprint density at radius 3 is 1.96 bits per heavy atom. The highest BCUT2D eigenvalue weighted by molar-refractivity contribution is 5.73. The summed E-state index contributed by atoms with van der Waals surface area (Å²) in [5, 5.41) is 7.12.